The van der Waals surface area contributed by atoms with Crippen molar-refractivity contribution in [1.29, 1.82) is 0 Å². The molecule has 0 heteroatoms. The zero-order valence-corrected chi connectivity index (χ0v) is 7.59. The summed E-state index contributed by atoms with van der Waals surface area (Å²) in [6.07, 6.45) is 10.0. The molecule has 0 saturated carbocycles. The molecule has 0 atom stereocenters. The maximum atomic E-state index is 2.24. The van der Waals surface area contributed by atoms with E-state index in [1.165, 1.54) is 11.1 Å². The minimum Gasteiger partial charge on any atom is -0.0802 e. The van der Waals surface area contributed by atoms with Gasteiger partial charge >= 0.3 is 0 Å². The van der Waals surface area contributed by atoms with E-state index >= 15 is 0 Å². The zero-order valence-electron chi connectivity index (χ0n) is 7.59. The highest BCUT2D eigenvalue weighted by Crippen LogP contribution is 2.16. The first kappa shape index (κ1) is 8.32. The molecule has 0 aromatic rings. The summed E-state index contributed by atoms with van der Waals surface area (Å²) in [6, 6.07) is 0. The molecular weight excluding hydrogens is 132 g/mol. The molecule has 0 unspecified atom stereocenters. The molecule has 0 N–H and O–H groups in total. The van der Waals surface area contributed by atoms with E-state index in [-0.39, 0.29) is 0 Å². The van der Waals surface area contributed by atoms with Gasteiger partial charge in [-0.25, -0.2) is 0 Å². The Morgan fingerprint density at radius 3 is 2.64 bits per heavy atom. The molecule has 0 saturated heterocycles. The smallest absolute Gasteiger partial charge is 0.0135 e. The fourth-order valence-electron chi connectivity index (χ4n) is 1.13. The summed E-state index contributed by atoms with van der Waals surface area (Å²) in [4.78, 5) is 0. The zero-order chi connectivity index (χ0) is 8.27. The van der Waals surface area contributed by atoms with Gasteiger partial charge in [-0.2, -0.15) is 0 Å². The molecule has 1 rings (SSSR count). The van der Waals surface area contributed by atoms with Gasteiger partial charge in [-0.1, -0.05) is 43.7 Å². The molecule has 1 aliphatic rings. The Hall–Kier alpha value is -0.780. The maximum Gasteiger partial charge on any atom is -0.0135 e. The maximum absolute atomic E-state index is 2.24. The van der Waals surface area contributed by atoms with Gasteiger partial charge in [0.2, 0.25) is 0 Å². The van der Waals surface area contributed by atoms with Crippen molar-refractivity contribution >= 4 is 0 Å². The number of hydrogen-bond donors (Lipinski definition) is 0. The summed E-state index contributed by atoms with van der Waals surface area (Å²) in [5.74, 6) is 0.647. The average Bonchev–Trinajstić information content (AvgIpc) is 2.13. The van der Waals surface area contributed by atoms with E-state index in [9.17, 15) is 0 Å². The highest BCUT2D eigenvalue weighted by molar-refractivity contribution is 5.31. The van der Waals surface area contributed by atoms with Crippen LogP contribution in [0.15, 0.2) is 35.5 Å². The van der Waals surface area contributed by atoms with Crippen molar-refractivity contribution in [3.8, 4) is 0 Å². The molecule has 0 heterocycles. The third-order valence-electron chi connectivity index (χ3n) is 1.98. The second-order valence-corrected chi connectivity index (χ2v) is 3.44. The van der Waals surface area contributed by atoms with Crippen molar-refractivity contribution in [3.63, 3.8) is 0 Å². The first-order valence-corrected chi connectivity index (χ1v) is 4.24. The third-order valence-corrected chi connectivity index (χ3v) is 1.98. The van der Waals surface area contributed by atoms with Crippen LogP contribution in [-0.4, -0.2) is 0 Å². The van der Waals surface area contributed by atoms with Crippen molar-refractivity contribution < 1.29 is 0 Å². The van der Waals surface area contributed by atoms with Crippen LogP contribution in [-0.2, 0) is 0 Å². The van der Waals surface area contributed by atoms with Gasteiger partial charge in [0.15, 0.2) is 0 Å². The summed E-state index contributed by atoms with van der Waals surface area (Å²) in [5, 5.41) is 0. The summed E-state index contributed by atoms with van der Waals surface area (Å²) in [7, 11) is 0. The van der Waals surface area contributed by atoms with Crippen LogP contribution in [0.25, 0.3) is 0 Å². The van der Waals surface area contributed by atoms with E-state index in [1.54, 1.807) is 0 Å². The lowest BCUT2D eigenvalue weighted by Gasteiger charge is -2.02. The van der Waals surface area contributed by atoms with Crippen molar-refractivity contribution in [2.45, 2.75) is 27.2 Å². The van der Waals surface area contributed by atoms with Gasteiger partial charge in [-0.05, 0) is 24.8 Å². The summed E-state index contributed by atoms with van der Waals surface area (Å²) in [6.45, 7) is 6.62. The molecule has 0 aromatic heterocycles. The molecule has 0 nitrogen and oxygen atoms in total. The highest BCUT2D eigenvalue weighted by Gasteiger charge is 1.99. The van der Waals surface area contributed by atoms with Gasteiger partial charge in [0.05, 0.1) is 0 Å². The molecule has 0 spiro atoms. The van der Waals surface area contributed by atoms with E-state index < -0.39 is 0 Å². The van der Waals surface area contributed by atoms with Crippen LogP contribution in [0, 0.1) is 5.92 Å². The molecule has 1 aliphatic carbocycles. The first-order valence-electron chi connectivity index (χ1n) is 4.24. The van der Waals surface area contributed by atoms with Gasteiger partial charge in [0, 0.05) is 0 Å². The molecular formula is C11H16. The van der Waals surface area contributed by atoms with Gasteiger partial charge in [0.25, 0.3) is 0 Å². The summed E-state index contributed by atoms with van der Waals surface area (Å²) in [5.41, 5.74) is 2.87. The first-order chi connectivity index (χ1) is 5.20. The Labute approximate surface area is 69.3 Å². The van der Waals surface area contributed by atoms with Crippen LogP contribution in [0.3, 0.4) is 0 Å². The molecule has 0 amide bonds. The fourth-order valence-corrected chi connectivity index (χ4v) is 1.13. The Morgan fingerprint density at radius 1 is 1.27 bits per heavy atom. The Bertz CT molecular complexity index is 214. The van der Waals surface area contributed by atoms with Crippen LogP contribution in [0.1, 0.15) is 27.2 Å². The van der Waals surface area contributed by atoms with Crippen LogP contribution in [0.2, 0.25) is 0 Å². The van der Waals surface area contributed by atoms with Gasteiger partial charge in [0.1, 0.15) is 0 Å². The Kier molecular flexibility index (Phi) is 2.70. The minimum absolute atomic E-state index is 0.647. The lowest BCUT2D eigenvalue weighted by atomic mass is 10.0. The number of rotatable bonds is 1. The second-order valence-electron chi connectivity index (χ2n) is 3.44. The monoisotopic (exact) mass is 148 g/mol. The van der Waals surface area contributed by atoms with E-state index in [0.29, 0.717) is 5.92 Å². The van der Waals surface area contributed by atoms with Crippen LogP contribution < -0.4 is 0 Å². The predicted octanol–water partition coefficient (Wildman–Crippen LogP) is 3.48. The SMILES string of the molecule is CC1=CC=C(C(C)C)C=CC1. The van der Waals surface area contributed by atoms with E-state index in [4.69, 9.17) is 0 Å². The molecule has 60 valence electrons. The van der Waals surface area contributed by atoms with E-state index in [0.717, 1.165) is 6.42 Å². The highest BCUT2D eigenvalue weighted by atomic mass is 14.0. The normalized spacial score (nSPS) is 17.8. The lowest BCUT2D eigenvalue weighted by molar-refractivity contribution is 0.792. The van der Waals surface area contributed by atoms with E-state index in [2.05, 4.69) is 45.1 Å². The molecule has 0 radical (unpaired) electrons. The fraction of sp³-hybridized carbons (Fsp3) is 0.455. The molecule has 0 aromatic carbocycles. The average molecular weight is 148 g/mol. The van der Waals surface area contributed by atoms with Crippen molar-refractivity contribution in [2.75, 3.05) is 0 Å². The Morgan fingerprint density at radius 2 is 2.00 bits per heavy atom. The predicted molar refractivity (Wildman–Crippen MR) is 50.4 cm³/mol. The van der Waals surface area contributed by atoms with Crippen molar-refractivity contribution in [3.05, 3.63) is 35.5 Å². The molecule has 11 heavy (non-hydrogen) atoms. The quantitative estimate of drug-likeness (QED) is 0.534. The van der Waals surface area contributed by atoms with Gasteiger partial charge in [-0.3, -0.25) is 0 Å². The largest absolute Gasteiger partial charge is 0.0802 e. The van der Waals surface area contributed by atoms with Gasteiger partial charge < -0.3 is 0 Å². The third kappa shape index (κ3) is 2.38. The molecule has 0 aliphatic heterocycles. The standard InChI is InChI=1S/C11H16/c1-9(2)11-6-4-5-10(3)7-8-11/h4,6-9H,5H2,1-3H3. The van der Waals surface area contributed by atoms with Crippen LogP contribution in [0.4, 0.5) is 0 Å². The molecule has 0 bridgehead atoms. The molecule has 0 fully saturated rings. The second kappa shape index (κ2) is 3.56. The Balaban J connectivity index is 2.81. The van der Waals surface area contributed by atoms with E-state index in [1.807, 2.05) is 0 Å². The van der Waals surface area contributed by atoms with Crippen molar-refractivity contribution in [1.82, 2.24) is 0 Å². The summed E-state index contributed by atoms with van der Waals surface area (Å²) >= 11 is 0. The number of hydrogen-bond acceptors (Lipinski definition) is 0. The minimum atomic E-state index is 0.647. The summed E-state index contributed by atoms with van der Waals surface area (Å²) < 4.78 is 0. The van der Waals surface area contributed by atoms with Gasteiger partial charge in [-0.15, -0.1) is 0 Å². The lowest BCUT2D eigenvalue weighted by Crippen LogP contribution is -1.88. The topological polar surface area (TPSA) is 0 Å². The van der Waals surface area contributed by atoms with Crippen LogP contribution >= 0.6 is 0 Å². The van der Waals surface area contributed by atoms with Crippen molar-refractivity contribution in [2.24, 2.45) is 5.92 Å². The van der Waals surface area contributed by atoms with Crippen LogP contribution in [0.5, 0.6) is 0 Å². The number of allylic oxidation sites excluding steroid dienone is 6.